The van der Waals surface area contributed by atoms with Crippen molar-refractivity contribution < 1.29 is 48.5 Å². The Kier molecular flexibility index (Phi) is 18.4. The van der Waals surface area contributed by atoms with E-state index in [4.69, 9.17) is 9.47 Å². The van der Waals surface area contributed by atoms with Gasteiger partial charge in [0.25, 0.3) is 0 Å². The fraction of sp³-hybridized carbons (Fsp3) is 0.564. The van der Waals surface area contributed by atoms with Crippen LogP contribution >= 0.6 is 22.7 Å². The standard InChI is InChI=1S/C55H76N8O10S2/c1-31-44(74-29-58-31)35-16-14-34(15-17-35)24-56-48(68)40-21-38(65)27-63(40)51(71)47(53(7,8)9)61-43(67)23-54(10,11)72-28-55(12,13)73-42-20-36(45-32(2)59-30-75-45)18-19-37(42)25-57-49(69)41-22-39(66)26-62(41)50(70)46(52(4,5)6)60-33(3)64/h14-20,29-30,38-41,46-47,65-66H,21-28H2,1-13H3,(H,56,68)(H,57,69)(H,60,64)(H,61,67)/t38-,39-,40+,41+,46-,47-/m1/s1. The molecule has 408 valence electrons. The van der Waals surface area contributed by atoms with Gasteiger partial charge in [0, 0.05) is 51.5 Å². The summed E-state index contributed by atoms with van der Waals surface area (Å²) in [5, 5.41) is 33.0. The predicted molar refractivity (Wildman–Crippen MR) is 288 cm³/mol. The van der Waals surface area contributed by atoms with Gasteiger partial charge in [0.05, 0.1) is 63.0 Å². The molecule has 2 aromatic heterocycles. The molecule has 2 aliphatic heterocycles. The number of aliphatic hydroxyl groups excluding tert-OH is 2. The third kappa shape index (κ3) is 15.2. The number of likely N-dealkylation sites (tertiary alicyclic amines) is 2. The van der Waals surface area contributed by atoms with Gasteiger partial charge in [-0.2, -0.15) is 0 Å². The number of carbonyl (C=O) groups is 6. The Morgan fingerprint density at radius 3 is 1.64 bits per heavy atom. The van der Waals surface area contributed by atoms with Gasteiger partial charge in [-0.05, 0) is 75.1 Å². The van der Waals surface area contributed by atoms with E-state index in [0.29, 0.717) is 11.3 Å². The van der Waals surface area contributed by atoms with E-state index < -0.39 is 87.9 Å². The first-order valence-corrected chi connectivity index (χ1v) is 27.1. The molecule has 2 fully saturated rings. The molecule has 6 atom stereocenters. The minimum atomic E-state index is -1.06. The lowest BCUT2D eigenvalue weighted by Gasteiger charge is -2.36. The average Bonchev–Trinajstić information content (AvgIpc) is 4.14. The van der Waals surface area contributed by atoms with Crippen LogP contribution in [0.15, 0.2) is 53.5 Å². The molecule has 2 aromatic carbocycles. The molecule has 6 rings (SSSR count). The van der Waals surface area contributed by atoms with Crippen molar-refractivity contribution in [3.8, 4) is 26.6 Å². The van der Waals surface area contributed by atoms with Gasteiger partial charge in [0.15, 0.2) is 0 Å². The van der Waals surface area contributed by atoms with Gasteiger partial charge in [-0.25, -0.2) is 9.97 Å². The van der Waals surface area contributed by atoms with Crippen LogP contribution in [0, 0.1) is 24.7 Å². The van der Waals surface area contributed by atoms with Gasteiger partial charge in [-0.3, -0.25) is 28.8 Å². The Morgan fingerprint density at radius 2 is 1.16 bits per heavy atom. The van der Waals surface area contributed by atoms with Crippen molar-refractivity contribution in [1.29, 1.82) is 0 Å². The van der Waals surface area contributed by atoms with Crippen LogP contribution in [0.2, 0.25) is 0 Å². The summed E-state index contributed by atoms with van der Waals surface area (Å²) in [7, 11) is 0. The number of amides is 6. The van der Waals surface area contributed by atoms with Gasteiger partial charge < -0.3 is 50.8 Å². The maximum Gasteiger partial charge on any atom is 0.246 e. The van der Waals surface area contributed by atoms with Crippen molar-refractivity contribution in [2.75, 3.05) is 19.7 Å². The lowest BCUT2D eigenvalue weighted by atomic mass is 9.85. The van der Waals surface area contributed by atoms with E-state index in [1.165, 1.54) is 28.1 Å². The summed E-state index contributed by atoms with van der Waals surface area (Å²) in [6.45, 7) is 23.5. The molecule has 4 heterocycles. The number of aromatic nitrogens is 2. The molecule has 0 radical (unpaired) electrons. The number of aliphatic hydroxyl groups is 2. The van der Waals surface area contributed by atoms with E-state index in [9.17, 15) is 39.0 Å². The van der Waals surface area contributed by atoms with Crippen LogP contribution in [0.5, 0.6) is 5.75 Å². The zero-order valence-electron chi connectivity index (χ0n) is 45.6. The predicted octanol–water partition coefficient (Wildman–Crippen LogP) is 5.83. The highest BCUT2D eigenvalue weighted by atomic mass is 32.1. The van der Waals surface area contributed by atoms with Crippen LogP contribution in [-0.4, -0.2) is 133 Å². The first kappa shape index (κ1) is 58.5. The maximum atomic E-state index is 14.4. The van der Waals surface area contributed by atoms with Gasteiger partial charge >= 0.3 is 0 Å². The second-order valence-electron chi connectivity index (χ2n) is 23.2. The van der Waals surface area contributed by atoms with Crippen LogP contribution < -0.4 is 26.0 Å². The summed E-state index contributed by atoms with van der Waals surface area (Å²) >= 11 is 3.04. The van der Waals surface area contributed by atoms with Crippen LogP contribution in [0.25, 0.3) is 20.9 Å². The highest BCUT2D eigenvalue weighted by Gasteiger charge is 2.46. The van der Waals surface area contributed by atoms with E-state index in [2.05, 4.69) is 31.2 Å². The SMILES string of the molecule is CC(=O)N[C@H](C(=O)N1C[C@H](O)C[C@H]1C(=O)NCc1ccc(-c2scnc2C)cc1OC(C)(C)COC(C)(C)CC(=O)N[C@H](C(=O)N1C[C@H](O)C[C@H]1C(=O)NCc1ccc(-c2scnc2C)cc1)C(C)(C)C)C(C)(C)C. The fourth-order valence-electron chi connectivity index (χ4n) is 9.27. The molecule has 6 amide bonds. The third-order valence-electron chi connectivity index (χ3n) is 13.3. The highest BCUT2D eigenvalue weighted by Crippen LogP contribution is 2.35. The number of thiazole rings is 2. The summed E-state index contributed by atoms with van der Waals surface area (Å²) in [4.78, 5) is 95.3. The van der Waals surface area contributed by atoms with E-state index in [-0.39, 0.29) is 58.0 Å². The average molecular weight is 1070 g/mol. The Balaban J connectivity index is 1.09. The van der Waals surface area contributed by atoms with Crippen LogP contribution in [0.4, 0.5) is 0 Å². The largest absolute Gasteiger partial charge is 0.485 e. The van der Waals surface area contributed by atoms with E-state index >= 15 is 0 Å². The van der Waals surface area contributed by atoms with E-state index in [0.717, 1.165) is 37.8 Å². The number of β-amino-alcohol motifs (C(OH)–C–C–N with tert-alkyl or cyclic N) is 2. The molecule has 4 aromatic rings. The number of ether oxygens (including phenoxy) is 2. The van der Waals surface area contributed by atoms with Crippen molar-refractivity contribution in [3.63, 3.8) is 0 Å². The van der Waals surface area contributed by atoms with Crippen LogP contribution in [0.3, 0.4) is 0 Å². The molecular weight excluding hydrogens is 997 g/mol. The molecule has 0 unspecified atom stereocenters. The number of carbonyl (C=O) groups excluding carboxylic acids is 6. The second-order valence-corrected chi connectivity index (χ2v) is 24.9. The van der Waals surface area contributed by atoms with Gasteiger partial charge in [0.2, 0.25) is 35.4 Å². The number of rotatable bonds is 19. The lowest BCUT2D eigenvalue weighted by Crippen LogP contribution is -2.58. The molecule has 2 saturated heterocycles. The summed E-state index contributed by atoms with van der Waals surface area (Å²) in [6, 6.07) is 9.59. The van der Waals surface area contributed by atoms with Crippen molar-refractivity contribution in [2.24, 2.45) is 10.8 Å². The quantitative estimate of drug-likeness (QED) is 0.0650. The molecule has 18 nitrogen and oxygen atoms in total. The topological polar surface area (TPSA) is 242 Å². The van der Waals surface area contributed by atoms with Gasteiger partial charge in [0.1, 0.15) is 35.5 Å². The number of nitrogens with zero attached hydrogens (tertiary/aromatic N) is 4. The first-order valence-electron chi connectivity index (χ1n) is 25.4. The first-order chi connectivity index (χ1) is 34.9. The smallest absolute Gasteiger partial charge is 0.246 e. The third-order valence-corrected chi connectivity index (χ3v) is 15.3. The minimum absolute atomic E-state index is 0.0143. The highest BCUT2D eigenvalue weighted by molar-refractivity contribution is 7.13. The Labute approximate surface area is 448 Å². The molecule has 75 heavy (non-hydrogen) atoms. The van der Waals surface area contributed by atoms with E-state index in [1.54, 1.807) is 36.2 Å². The summed E-state index contributed by atoms with van der Waals surface area (Å²) in [5.74, 6) is -2.19. The van der Waals surface area contributed by atoms with Crippen LogP contribution in [0.1, 0.15) is 118 Å². The normalized spacial score (nSPS) is 19.1. The minimum Gasteiger partial charge on any atom is -0.485 e. The zero-order chi connectivity index (χ0) is 55.4. The summed E-state index contributed by atoms with van der Waals surface area (Å²) in [6.07, 6.45) is -1.90. The van der Waals surface area contributed by atoms with Crippen molar-refractivity contribution in [1.82, 2.24) is 41.0 Å². The molecular formula is C55H76N8O10S2. The number of benzene rings is 2. The molecule has 0 spiro atoms. The van der Waals surface area contributed by atoms with E-state index in [1.807, 2.05) is 112 Å². The molecule has 0 bridgehead atoms. The van der Waals surface area contributed by atoms with Gasteiger partial charge in [-0.1, -0.05) is 77.9 Å². The molecule has 2 aliphatic rings. The monoisotopic (exact) mass is 1070 g/mol. The number of hydrogen-bond donors (Lipinski definition) is 6. The lowest BCUT2D eigenvalue weighted by molar-refractivity contribution is -0.145. The zero-order valence-corrected chi connectivity index (χ0v) is 47.2. The fourth-order valence-corrected chi connectivity index (χ4v) is 10.9. The van der Waals surface area contributed by atoms with Gasteiger partial charge in [-0.15, -0.1) is 22.7 Å². The Morgan fingerprint density at radius 1 is 0.680 bits per heavy atom. The number of nitrogens with one attached hydrogen (secondary N) is 4. The maximum absolute atomic E-state index is 14.4. The second kappa shape index (κ2) is 23.6. The number of aryl methyl sites for hydroxylation is 2. The van der Waals surface area contributed by atoms with Crippen molar-refractivity contribution >= 4 is 58.1 Å². The molecule has 0 aliphatic carbocycles. The summed E-state index contributed by atoms with van der Waals surface area (Å²) < 4.78 is 13.1. The van der Waals surface area contributed by atoms with Crippen molar-refractivity contribution in [2.45, 2.75) is 170 Å². The molecule has 0 saturated carbocycles. The number of hydrogen-bond acceptors (Lipinski definition) is 14. The molecule has 20 heteroatoms. The molecule has 6 N–H and O–H groups in total. The Bertz CT molecular complexity index is 2710. The Hall–Kier alpha value is -5.80. The summed E-state index contributed by atoms with van der Waals surface area (Å²) in [5.41, 5.74) is 5.22. The van der Waals surface area contributed by atoms with Crippen LogP contribution in [-0.2, 0) is 46.6 Å². The van der Waals surface area contributed by atoms with Crippen molar-refractivity contribution in [3.05, 3.63) is 76.0 Å².